The van der Waals surface area contributed by atoms with Gasteiger partial charge in [-0.1, -0.05) is 5.16 Å². The average molecular weight is 312 g/mol. The number of nitro benzene ring substituents is 1. The van der Waals surface area contributed by atoms with Crippen LogP contribution in [-0.4, -0.2) is 16.0 Å². The maximum Gasteiger partial charge on any atom is 0.341 e. The Labute approximate surface area is 122 Å². The van der Waals surface area contributed by atoms with E-state index in [0.29, 0.717) is 23.6 Å². The topological polar surface area (TPSA) is 95.5 Å². The van der Waals surface area contributed by atoms with Crippen LogP contribution in [-0.2, 0) is 4.74 Å². The second kappa shape index (κ2) is 5.88. The van der Waals surface area contributed by atoms with Crippen molar-refractivity contribution in [1.29, 1.82) is 0 Å². The van der Waals surface area contributed by atoms with E-state index in [-0.39, 0.29) is 0 Å². The lowest BCUT2D eigenvalue weighted by Crippen LogP contribution is -2.12. The first-order valence-electron chi connectivity index (χ1n) is 6.07. The highest BCUT2D eigenvalue weighted by Crippen LogP contribution is 2.24. The highest BCUT2D eigenvalue weighted by Gasteiger charge is 2.25. The Morgan fingerprint density at radius 1 is 1.36 bits per heavy atom. The third-order valence-electron chi connectivity index (χ3n) is 2.80. The van der Waals surface area contributed by atoms with Crippen molar-refractivity contribution < 1.29 is 27.8 Å². The molecule has 1 aromatic heterocycles. The summed E-state index contributed by atoms with van der Waals surface area (Å²) in [7, 11) is 0. The number of halogens is 2. The SMILES string of the molecule is Cc1cc([C@@H](C)OC(=O)c2cc(F)c([N+](=O)[O-])cc2F)no1. The molecule has 0 radical (unpaired) electrons. The lowest BCUT2D eigenvalue weighted by atomic mass is 10.2. The van der Waals surface area contributed by atoms with Gasteiger partial charge in [0.2, 0.25) is 5.82 Å². The van der Waals surface area contributed by atoms with Gasteiger partial charge in [0.1, 0.15) is 23.4 Å². The van der Waals surface area contributed by atoms with Crippen LogP contribution in [0.1, 0.15) is 34.8 Å². The first kappa shape index (κ1) is 15.5. The normalized spacial score (nSPS) is 12.0. The van der Waals surface area contributed by atoms with Crippen molar-refractivity contribution in [3.8, 4) is 0 Å². The van der Waals surface area contributed by atoms with Crippen molar-refractivity contribution in [2.45, 2.75) is 20.0 Å². The molecule has 0 aliphatic heterocycles. The molecule has 2 rings (SSSR count). The summed E-state index contributed by atoms with van der Waals surface area (Å²) >= 11 is 0. The molecule has 0 saturated heterocycles. The molecule has 1 aromatic carbocycles. The standard InChI is InChI=1S/C13H10F2N2O5/c1-6-3-11(16-22-6)7(2)21-13(18)8-4-10(15)12(17(19)20)5-9(8)14/h3-5,7H,1-2H3/t7-/m1/s1. The molecular weight excluding hydrogens is 302 g/mol. The number of hydrogen-bond donors (Lipinski definition) is 0. The van der Waals surface area contributed by atoms with Crippen LogP contribution in [0.15, 0.2) is 22.7 Å². The zero-order valence-electron chi connectivity index (χ0n) is 11.5. The van der Waals surface area contributed by atoms with E-state index in [2.05, 4.69) is 5.16 Å². The van der Waals surface area contributed by atoms with Gasteiger partial charge in [-0.2, -0.15) is 4.39 Å². The Kier molecular flexibility index (Phi) is 4.15. The van der Waals surface area contributed by atoms with Crippen LogP contribution in [0.5, 0.6) is 0 Å². The van der Waals surface area contributed by atoms with Crippen LogP contribution in [0, 0.1) is 28.7 Å². The van der Waals surface area contributed by atoms with E-state index in [4.69, 9.17) is 9.26 Å². The van der Waals surface area contributed by atoms with Crippen molar-refractivity contribution in [1.82, 2.24) is 5.16 Å². The van der Waals surface area contributed by atoms with Crippen molar-refractivity contribution in [3.63, 3.8) is 0 Å². The molecule has 0 bridgehead atoms. The highest BCUT2D eigenvalue weighted by molar-refractivity contribution is 5.90. The van der Waals surface area contributed by atoms with Crippen LogP contribution in [0.3, 0.4) is 0 Å². The van der Waals surface area contributed by atoms with Gasteiger partial charge in [0.05, 0.1) is 16.6 Å². The van der Waals surface area contributed by atoms with Gasteiger partial charge < -0.3 is 9.26 Å². The monoisotopic (exact) mass is 312 g/mol. The van der Waals surface area contributed by atoms with E-state index < -0.39 is 39.9 Å². The van der Waals surface area contributed by atoms with Gasteiger partial charge >= 0.3 is 11.7 Å². The van der Waals surface area contributed by atoms with Gasteiger partial charge in [-0.3, -0.25) is 10.1 Å². The molecule has 0 aliphatic carbocycles. The van der Waals surface area contributed by atoms with Crippen LogP contribution < -0.4 is 0 Å². The molecule has 0 spiro atoms. The molecule has 0 unspecified atom stereocenters. The number of carbonyl (C=O) groups is 1. The number of benzene rings is 1. The summed E-state index contributed by atoms with van der Waals surface area (Å²) in [5.74, 6) is -3.25. The van der Waals surface area contributed by atoms with E-state index in [1.54, 1.807) is 6.92 Å². The second-order valence-electron chi connectivity index (χ2n) is 4.45. The molecule has 0 amide bonds. The highest BCUT2D eigenvalue weighted by atomic mass is 19.1. The predicted octanol–water partition coefficient (Wildman–Crippen LogP) is 3.09. The Morgan fingerprint density at radius 2 is 2.05 bits per heavy atom. The van der Waals surface area contributed by atoms with Gasteiger partial charge in [0, 0.05) is 6.07 Å². The zero-order valence-corrected chi connectivity index (χ0v) is 11.5. The van der Waals surface area contributed by atoms with Crippen LogP contribution in [0.2, 0.25) is 0 Å². The predicted molar refractivity (Wildman–Crippen MR) is 68.1 cm³/mol. The molecule has 1 heterocycles. The van der Waals surface area contributed by atoms with Gasteiger partial charge in [0.15, 0.2) is 0 Å². The Morgan fingerprint density at radius 3 is 2.59 bits per heavy atom. The molecule has 9 heteroatoms. The third kappa shape index (κ3) is 3.08. The summed E-state index contributed by atoms with van der Waals surface area (Å²) < 4.78 is 36.9. The second-order valence-corrected chi connectivity index (χ2v) is 4.45. The summed E-state index contributed by atoms with van der Waals surface area (Å²) in [6.07, 6.45) is -0.859. The van der Waals surface area contributed by atoms with E-state index in [9.17, 15) is 23.7 Å². The molecule has 7 nitrogen and oxygen atoms in total. The number of carbonyl (C=O) groups excluding carboxylic acids is 1. The summed E-state index contributed by atoms with van der Waals surface area (Å²) in [6.45, 7) is 3.10. The molecule has 1 atom stereocenters. The van der Waals surface area contributed by atoms with Crippen LogP contribution >= 0.6 is 0 Å². The zero-order chi connectivity index (χ0) is 16.4. The largest absolute Gasteiger partial charge is 0.452 e. The molecule has 0 fully saturated rings. The van der Waals surface area contributed by atoms with E-state index >= 15 is 0 Å². The smallest absolute Gasteiger partial charge is 0.341 e. The first-order chi connectivity index (χ1) is 10.3. The number of aryl methyl sites for hydroxylation is 1. The van der Waals surface area contributed by atoms with E-state index in [0.717, 1.165) is 0 Å². The van der Waals surface area contributed by atoms with Gasteiger partial charge in [-0.15, -0.1) is 0 Å². The summed E-state index contributed by atoms with van der Waals surface area (Å²) in [5, 5.41) is 14.1. The fraction of sp³-hybridized carbons (Fsp3) is 0.231. The van der Waals surface area contributed by atoms with Crippen LogP contribution in [0.25, 0.3) is 0 Å². The number of hydrogen-bond acceptors (Lipinski definition) is 6. The third-order valence-corrected chi connectivity index (χ3v) is 2.80. The molecule has 0 aliphatic rings. The van der Waals surface area contributed by atoms with E-state index in [1.165, 1.54) is 13.0 Å². The van der Waals surface area contributed by atoms with E-state index in [1.807, 2.05) is 0 Å². The maximum absolute atomic E-state index is 13.7. The number of ether oxygens (including phenoxy) is 1. The van der Waals surface area contributed by atoms with Gasteiger partial charge in [0.25, 0.3) is 0 Å². The minimum atomic E-state index is -1.33. The molecule has 0 N–H and O–H groups in total. The average Bonchev–Trinajstić information content (AvgIpc) is 2.87. The molecule has 2 aromatic rings. The van der Waals surface area contributed by atoms with Crippen molar-refractivity contribution in [2.75, 3.05) is 0 Å². The Balaban J connectivity index is 2.23. The van der Waals surface area contributed by atoms with Crippen molar-refractivity contribution in [2.24, 2.45) is 0 Å². The molecule has 116 valence electrons. The number of nitro groups is 1. The quantitative estimate of drug-likeness (QED) is 0.489. The van der Waals surface area contributed by atoms with Crippen molar-refractivity contribution >= 4 is 11.7 Å². The Bertz CT molecular complexity index is 744. The summed E-state index contributed by atoms with van der Waals surface area (Å²) in [4.78, 5) is 21.2. The molecule has 0 saturated carbocycles. The number of nitrogens with zero attached hydrogens (tertiary/aromatic N) is 2. The van der Waals surface area contributed by atoms with Gasteiger partial charge in [-0.05, 0) is 19.9 Å². The fourth-order valence-electron chi connectivity index (χ4n) is 1.69. The fourth-order valence-corrected chi connectivity index (χ4v) is 1.69. The van der Waals surface area contributed by atoms with Crippen LogP contribution in [0.4, 0.5) is 14.5 Å². The number of rotatable bonds is 4. The van der Waals surface area contributed by atoms with Crippen molar-refractivity contribution in [3.05, 3.63) is 57.0 Å². The lowest BCUT2D eigenvalue weighted by Gasteiger charge is -2.10. The maximum atomic E-state index is 13.7. The van der Waals surface area contributed by atoms with Gasteiger partial charge in [-0.25, -0.2) is 9.18 Å². The Hall–Kier alpha value is -2.84. The summed E-state index contributed by atoms with van der Waals surface area (Å²) in [5.41, 5.74) is -1.50. The minimum absolute atomic E-state index is 0.300. The lowest BCUT2D eigenvalue weighted by molar-refractivity contribution is -0.387. The number of esters is 1. The first-order valence-corrected chi connectivity index (χ1v) is 6.07. The summed E-state index contributed by atoms with van der Waals surface area (Å²) in [6, 6.07) is 2.28. The molecule has 22 heavy (non-hydrogen) atoms. The molecular formula is C13H10F2N2O5. The number of aromatic nitrogens is 1. The minimum Gasteiger partial charge on any atom is -0.452 e.